The lowest BCUT2D eigenvalue weighted by Gasteiger charge is -2.33. The number of aromatic amines is 1. The van der Waals surface area contributed by atoms with Crippen LogP contribution in [0.4, 0.5) is 5.82 Å². The predicted octanol–water partition coefficient (Wildman–Crippen LogP) is -0.631. The van der Waals surface area contributed by atoms with Gasteiger partial charge in [0, 0.05) is 6.54 Å². The van der Waals surface area contributed by atoms with E-state index in [0.29, 0.717) is 22.9 Å². The summed E-state index contributed by atoms with van der Waals surface area (Å²) >= 11 is 6.17. The quantitative estimate of drug-likeness (QED) is 0.120. The molecule has 0 spiro atoms. The molecule has 7 N–H and O–H groups in total. The molecule has 4 heterocycles. The Kier molecular flexibility index (Phi) is 8.68. The first-order valence-corrected chi connectivity index (χ1v) is 14.5. The van der Waals surface area contributed by atoms with Crippen molar-refractivity contribution in [1.82, 2.24) is 35.2 Å². The molecular formula is C21H30ClN8O9P. The highest BCUT2D eigenvalue weighted by Gasteiger charge is 2.51. The van der Waals surface area contributed by atoms with Crippen LogP contribution in [-0.2, 0) is 25.4 Å². The third-order valence-electron chi connectivity index (χ3n) is 7.19. The predicted molar refractivity (Wildman–Crippen MR) is 135 cm³/mol. The van der Waals surface area contributed by atoms with Gasteiger partial charge in [-0.1, -0.05) is 11.6 Å². The van der Waals surface area contributed by atoms with Crippen molar-refractivity contribution in [2.24, 2.45) is 5.92 Å². The summed E-state index contributed by atoms with van der Waals surface area (Å²) in [4.78, 5) is 24.2. The van der Waals surface area contributed by atoms with Crippen LogP contribution in [0.2, 0.25) is 5.28 Å². The van der Waals surface area contributed by atoms with Crippen LogP contribution in [0.3, 0.4) is 0 Å². The van der Waals surface area contributed by atoms with E-state index in [1.807, 2.05) is 0 Å². The summed E-state index contributed by atoms with van der Waals surface area (Å²) < 4.78 is 30.4. The first-order valence-electron chi connectivity index (χ1n) is 12.5. The van der Waals surface area contributed by atoms with Crippen molar-refractivity contribution >= 4 is 30.5 Å². The lowest BCUT2D eigenvalue weighted by Crippen LogP contribution is -2.45. The van der Waals surface area contributed by atoms with Crippen LogP contribution in [0.25, 0.3) is 5.52 Å². The number of hydrogen-bond donors (Lipinski definition) is 7. The molecule has 5 rings (SSSR count). The maximum absolute atomic E-state index is 12.3. The van der Waals surface area contributed by atoms with Gasteiger partial charge in [0.25, 0.3) is 0 Å². The molecule has 17 nitrogen and oxygen atoms in total. The number of nitrogens with zero attached hydrogens (tertiary/aromatic N) is 6. The molecule has 2 fully saturated rings. The molecule has 0 unspecified atom stereocenters. The van der Waals surface area contributed by atoms with Gasteiger partial charge in [-0.25, -0.2) is 4.52 Å². The molecule has 0 radical (unpaired) electrons. The number of H-pyrrole nitrogens is 1. The second-order valence-corrected chi connectivity index (χ2v) is 12.1. The summed E-state index contributed by atoms with van der Waals surface area (Å²) in [7, 11) is -5.13. The highest BCUT2D eigenvalue weighted by molar-refractivity contribution is 7.53. The van der Waals surface area contributed by atoms with Gasteiger partial charge in [-0.15, -0.1) is 15.3 Å². The summed E-state index contributed by atoms with van der Waals surface area (Å²) in [6.07, 6.45) is -1.78. The van der Waals surface area contributed by atoms with Crippen LogP contribution in [0, 0.1) is 5.92 Å². The average molecular weight is 605 g/mol. The molecule has 2 aliphatic rings. The molecule has 220 valence electrons. The molecule has 1 saturated heterocycles. The van der Waals surface area contributed by atoms with Crippen molar-refractivity contribution in [2.45, 2.75) is 55.6 Å². The summed E-state index contributed by atoms with van der Waals surface area (Å²) in [5.74, 6) is 1.19. The zero-order valence-corrected chi connectivity index (χ0v) is 22.7. The molecule has 0 bridgehead atoms. The molecule has 3 aromatic rings. The number of tetrazole rings is 1. The number of hydrogen-bond acceptors (Lipinski definition) is 13. The molecule has 3 aromatic heterocycles. The van der Waals surface area contributed by atoms with Crippen LogP contribution in [0.1, 0.15) is 36.9 Å². The molecule has 1 saturated carbocycles. The highest BCUT2D eigenvalue weighted by atomic mass is 35.5. The second kappa shape index (κ2) is 11.9. The van der Waals surface area contributed by atoms with Gasteiger partial charge in [-0.2, -0.15) is 10.2 Å². The topological polar surface area (TPSA) is 243 Å². The molecule has 19 heteroatoms. The summed E-state index contributed by atoms with van der Waals surface area (Å²) in [5, 5.41) is 49.3. The summed E-state index contributed by atoms with van der Waals surface area (Å²) in [6, 6.07) is 3.38. The lowest BCUT2D eigenvalue weighted by atomic mass is 9.85. The van der Waals surface area contributed by atoms with Gasteiger partial charge in [-0.3, -0.25) is 4.57 Å². The van der Waals surface area contributed by atoms with Crippen molar-refractivity contribution in [1.29, 1.82) is 0 Å². The molecule has 40 heavy (non-hydrogen) atoms. The first kappa shape index (κ1) is 29.2. The van der Waals surface area contributed by atoms with Gasteiger partial charge in [-0.05, 0) is 42.5 Å². The Morgan fingerprint density at radius 1 is 1.27 bits per heavy atom. The largest absolute Gasteiger partial charge is 0.393 e. The number of aliphatic hydroxyl groups excluding tert-OH is 3. The van der Waals surface area contributed by atoms with Crippen molar-refractivity contribution in [3.63, 3.8) is 0 Å². The highest BCUT2D eigenvalue weighted by Crippen LogP contribution is 2.51. The van der Waals surface area contributed by atoms with Crippen LogP contribution in [0.5, 0.6) is 0 Å². The maximum atomic E-state index is 12.3. The molecule has 0 amide bonds. The van der Waals surface area contributed by atoms with Crippen LogP contribution < -0.4 is 5.32 Å². The minimum atomic E-state index is -5.13. The van der Waals surface area contributed by atoms with Gasteiger partial charge in [0.15, 0.2) is 11.6 Å². The number of nitrogens with one attached hydrogen (secondary N) is 2. The SMILES string of the molecule is O=P(O)(O)[C@@](CO)(COCc1nn[nH]n1)OC[C@H]1O[C@@H](c2ccc3c(NCC4CCC4)nc(Cl)nn23)[C@H](O)[C@@H]1O. The first-order chi connectivity index (χ1) is 19.1. The Balaban J connectivity index is 1.29. The number of halogens is 1. The molecular weight excluding hydrogens is 575 g/mol. The summed E-state index contributed by atoms with van der Waals surface area (Å²) in [6.45, 7) is -2.00. The van der Waals surface area contributed by atoms with E-state index in [-0.39, 0.29) is 17.7 Å². The second-order valence-electron chi connectivity index (χ2n) is 9.82. The van der Waals surface area contributed by atoms with E-state index >= 15 is 0 Å². The number of aliphatic hydroxyl groups is 3. The fourth-order valence-corrected chi connectivity index (χ4v) is 5.43. The molecule has 5 atom stereocenters. The van der Waals surface area contributed by atoms with Crippen LogP contribution in [-0.4, -0.2) is 110 Å². The van der Waals surface area contributed by atoms with Crippen LogP contribution >= 0.6 is 19.2 Å². The minimum absolute atomic E-state index is 0.0378. The van der Waals surface area contributed by atoms with E-state index in [2.05, 4.69) is 36.0 Å². The number of fused-ring (bicyclic) bond motifs is 1. The Morgan fingerprint density at radius 2 is 2.08 bits per heavy atom. The van der Waals surface area contributed by atoms with Crippen molar-refractivity contribution in [3.8, 4) is 0 Å². The van der Waals surface area contributed by atoms with Gasteiger partial charge >= 0.3 is 7.60 Å². The van der Waals surface area contributed by atoms with E-state index < -0.39 is 57.2 Å². The minimum Gasteiger partial charge on any atom is -0.393 e. The van der Waals surface area contributed by atoms with Crippen LogP contribution in [0.15, 0.2) is 12.1 Å². The van der Waals surface area contributed by atoms with Gasteiger partial charge in [0.05, 0.1) is 25.5 Å². The van der Waals surface area contributed by atoms with Gasteiger partial charge in [0.2, 0.25) is 10.6 Å². The number of anilines is 1. The van der Waals surface area contributed by atoms with Crippen molar-refractivity contribution in [2.75, 3.05) is 31.7 Å². The normalized spacial score (nSPS) is 25.2. The zero-order chi connectivity index (χ0) is 28.5. The van der Waals surface area contributed by atoms with Gasteiger partial charge in [0.1, 0.15) is 36.5 Å². The Hall–Kier alpha value is -2.31. The van der Waals surface area contributed by atoms with Crippen molar-refractivity contribution in [3.05, 3.63) is 28.9 Å². The molecule has 0 aromatic carbocycles. The Bertz CT molecular complexity index is 1340. The lowest BCUT2D eigenvalue weighted by molar-refractivity contribution is -0.126. The zero-order valence-electron chi connectivity index (χ0n) is 21.1. The average Bonchev–Trinajstić information content (AvgIpc) is 3.61. The monoisotopic (exact) mass is 604 g/mol. The third kappa shape index (κ3) is 5.85. The summed E-state index contributed by atoms with van der Waals surface area (Å²) in [5.41, 5.74) is 0.954. The number of rotatable bonds is 13. The fraction of sp³-hybridized carbons (Fsp3) is 0.667. The van der Waals surface area contributed by atoms with E-state index in [0.717, 1.165) is 19.4 Å². The van der Waals surface area contributed by atoms with E-state index in [1.54, 1.807) is 12.1 Å². The molecule has 1 aliphatic heterocycles. The Morgan fingerprint density at radius 3 is 2.73 bits per heavy atom. The molecule has 1 aliphatic carbocycles. The third-order valence-corrected chi connectivity index (χ3v) is 8.81. The fourth-order valence-electron chi connectivity index (χ4n) is 4.58. The number of ether oxygens (including phenoxy) is 3. The van der Waals surface area contributed by atoms with E-state index in [9.17, 15) is 29.7 Å². The maximum Gasteiger partial charge on any atom is 0.361 e. The van der Waals surface area contributed by atoms with E-state index in [1.165, 1.54) is 10.9 Å². The van der Waals surface area contributed by atoms with Gasteiger partial charge < -0.3 is 44.6 Å². The standard InChI is InChI=1S/C21H30ClN8O9P/c22-20-24-19(23-6-11-2-1-3-11)13-5-4-12(30(13)27-20)18-17(33)16(32)14(39-18)7-38-21(9-31,40(34,35)36)10-37-8-15-25-28-29-26-15/h4-5,11,14,16-18,31-33H,1-3,6-10H2,(H,23,24,27)(H2,34,35,36)(H,25,26,28,29)/t14-,16-,17-,18+,21+/m1/s1. The number of aromatic nitrogens is 7. The van der Waals surface area contributed by atoms with E-state index in [4.69, 9.17) is 25.8 Å². The smallest absolute Gasteiger partial charge is 0.361 e. The van der Waals surface area contributed by atoms with Crippen molar-refractivity contribution < 1.29 is 43.9 Å². The Labute approximate surface area is 232 Å².